The van der Waals surface area contributed by atoms with Gasteiger partial charge in [-0.15, -0.1) is 0 Å². The number of benzene rings is 1. The van der Waals surface area contributed by atoms with Crippen molar-refractivity contribution in [3.63, 3.8) is 0 Å². The third-order valence-electron chi connectivity index (χ3n) is 2.63. The summed E-state index contributed by atoms with van der Waals surface area (Å²) in [6.45, 7) is 2.22. The molecule has 0 unspecified atom stereocenters. The van der Waals surface area contributed by atoms with Crippen molar-refractivity contribution in [2.24, 2.45) is 0 Å². The highest BCUT2D eigenvalue weighted by Gasteiger charge is 2.14. The van der Waals surface area contributed by atoms with Gasteiger partial charge in [-0.3, -0.25) is 0 Å². The molecule has 18 heavy (non-hydrogen) atoms. The maximum atomic E-state index is 9.08. The highest BCUT2D eigenvalue weighted by Crippen LogP contribution is 2.10. The lowest BCUT2D eigenvalue weighted by molar-refractivity contribution is 0.294. The van der Waals surface area contributed by atoms with Crippen molar-refractivity contribution in [1.82, 2.24) is 4.98 Å². The van der Waals surface area contributed by atoms with Crippen LogP contribution in [-0.4, -0.2) is 22.2 Å². The first kappa shape index (κ1) is 12.6. The van der Waals surface area contributed by atoms with Gasteiger partial charge in [0.15, 0.2) is 0 Å². The van der Waals surface area contributed by atoms with Crippen LogP contribution in [0.5, 0.6) is 5.88 Å². The predicted octanol–water partition coefficient (Wildman–Crippen LogP) is 0.649. The third kappa shape index (κ3) is 3.09. The Labute approximate surface area is 106 Å². The largest absolute Gasteiger partial charge is 0.490 e. The number of aryl methyl sites for hydroxylation is 1. The molecular weight excluding hydrogens is 229 g/mol. The molecule has 4 nitrogen and oxygen atoms in total. The molecule has 0 saturated carbocycles. The molecule has 5 heteroatoms. The number of nitrogens with zero attached hydrogens (tertiary/aromatic N) is 1. The maximum Gasteiger partial charge on any atom is 0.490 e. The smallest absolute Gasteiger partial charge is 0.473 e. The fourth-order valence-corrected chi connectivity index (χ4v) is 1.62. The second kappa shape index (κ2) is 5.66. The monoisotopic (exact) mass is 243 g/mol. The van der Waals surface area contributed by atoms with Crippen molar-refractivity contribution in [2.75, 3.05) is 0 Å². The van der Waals surface area contributed by atoms with Gasteiger partial charge >= 0.3 is 7.12 Å². The number of pyridine rings is 1. The van der Waals surface area contributed by atoms with Crippen molar-refractivity contribution in [2.45, 2.75) is 13.5 Å². The number of aromatic nitrogens is 1. The van der Waals surface area contributed by atoms with Crippen molar-refractivity contribution >= 4 is 12.6 Å². The third-order valence-corrected chi connectivity index (χ3v) is 2.63. The van der Waals surface area contributed by atoms with Crippen molar-refractivity contribution < 1.29 is 14.8 Å². The molecule has 0 aliphatic carbocycles. The van der Waals surface area contributed by atoms with Gasteiger partial charge in [-0.25, -0.2) is 4.98 Å². The van der Waals surface area contributed by atoms with E-state index in [4.69, 9.17) is 14.8 Å². The SMILES string of the molecule is Cc1cc(OCc2ccccc2)ncc1B(O)O. The van der Waals surface area contributed by atoms with Crippen molar-refractivity contribution in [3.05, 3.63) is 53.7 Å². The molecule has 0 atom stereocenters. The van der Waals surface area contributed by atoms with Gasteiger partial charge in [-0.1, -0.05) is 30.3 Å². The van der Waals surface area contributed by atoms with Gasteiger partial charge in [0.2, 0.25) is 5.88 Å². The van der Waals surface area contributed by atoms with Crippen molar-refractivity contribution in [3.8, 4) is 5.88 Å². The van der Waals surface area contributed by atoms with Crippen LogP contribution in [0.2, 0.25) is 0 Å². The van der Waals surface area contributed by atoms with E-state index in [1.807, 2.05) is 30.3 Å². The fraction of sp³-hybridized carbons (Fsp3) is 0.154. The van der Waals surface area contributed by atoms with Crippen LogP contribution in [0.4, 0.5) is 0 Å². The van der Waals surface area contributed by atoms with E-state index in [1.165, 1.54) is 6.20 Å². The molecule has 0 bridgehead atoms. The number of ether oxygens (including phenoxy) is 1. The van der Waals surface area contributed by atoms with Crippen LogP contribution >= 0.6 is 0 Å². The summed E-state index contributed by atoms with van der Waals surface area (Å²) in [7, 11) is -1.50. The summed E-state index contributed by atoms with van der Waals surface area (Å²) < 4.78 is 5.53. The Morgan fingerprint density at radius 2 is 1.94 bits per heavy atom. The lowest BCUT2D eigenvalue weighted by atomic mass is 9.79. The van der Waals surface area contributed by atoms with E-state index in [9.17, 15) is 0 Å². The van der Waals surface area contributed by atoms with Crippen LogP contribution < -0.4 is 10.2 Å². The molecule has 0 aliphatic heterocycles. The fourth-order valence-electron chi connectivity index (χ4n) is 1.62. The Balaban J connectivity index is 2.05. The van der Waals surface area contributed by atoms with E-state index in [0.717, 1.165) is 11.1 Å². The van der Waals surface area contributed by atoms with E-state index in [-0.39, 0.29) is 0 Å². The predicted molar refractivity (Wildman–Crippen MR) is 69.6 cm³/mol. The summed E-state index contributed by atoms with van der Waals surface area (Å²) in [5.41, 5.74) is 2.19. The summed E-state index contributed by atoms with van der Waals surface area (Å²) in [5.74, 6) is 0.473. The zero-order valence-corrected chi connectivity index (χ0v) is 10.1. The minimum atomic E-state index is -1.50. The summed E-state index contributed by atoms with van der Waals surface area (Å²) in [6.07, 6.45) is 1.42. The zero-order valence-electron chi connectivity index (χ0n) is 10.1. The molecule has 0 fully saturated rings. The Morgan fingerprint density at radius 3 is 2.56 bits per heavy atom. The molecule has 0 amide bonds. The van der Waals surface area contributed by atoms with Gasteiger partial charge in [-0.2, -0.15) is 0 Å². The number of hydrogen-bond acceptors (Lipinski definition) is 4. The zero-order chi connectivity index (χ0) is 13.0. The molecule has 2 N–H and O–H groups in total. The van der Waals surface area contributed by atoms with Gasteiger partial charge in [0.1, 0.15) is 6.61 Å². The van der Waals surface area contributed by atoms with Crippen LogP contribution in [0.25, 0.3) is 0 Å². The number of hydrogen-bond donors (Lipinski definition) is 2. The average molecular weight is 243 g/mol. The Kier molecular flexibility index (Phi) is 3.97. The Hall–Kier alpha value is -1.85. The highest BCUT2D eigenvalue weighted by molar-refractivity contribution is 6.59. The average Bonchev–Trinajstić information content (AvgIpc) is 2.37. The van der Waals surface area contributed by atoms with Crippen LogP contribution in [0.15, 0.2) is 42.6 Å². The summed E-state index contributed by atoms with van der Waals surface area (Å²) in [5, 5.41) is 18.2. The normalized spacial score (nSPS) is 10.2. The molecule has 0 aliphatic rings. The summed E-state index contributed by atoms with van der Waals surface area (Å²) in [6, 6.07) is 11.5. The Morgan fingerprint density at radius 1 is 1.22 bits per heavy atom. The molecule has 2 aromatic rings. The lowest BCUT2D eigenvalue weighted by Gasteiger charge is -2.08. The minimum Gasteiger partial charge on any atom is -0.473 e. The topological polar surface area (TPSA) is 62.6 Å². The highest BCUT2D eigenvalue weighted by atomic mass is 16.5. The van der Waals surface area contributed by atoms with Crippen LogP contribution in [0.3, 0.4) is 0 Å². The van der Waals surface area contributed by atoms with E-state index >= 15 is 0 Å². The molecule has 1 heterocycles. The van der Waals surface area contributed by atoms with Crippen LogP contribution in [0.1, 0.15) is 11.1 Å². The van der Waals surface area contributed by atoms with E-state index in [2.05, 4.69) is 4.98 Å². The standard InChI is InChI=1S/C13H14BNO3/c1-10-7-13(15-8-12(10)14(16)17)18-9-11-5-3-2-4-6-11/h2-8,16-17H,9H2,1H3. The number of rotatable bonds is 4. The van der Waals surface area contributed by atoms with Crippen LogP contribution in [0, 0.1) is 6.92 Å². The molecule has 1 aromatic heterocycles. The first-order chi connectivity index (χ1) is 8.66. The first-order valence-electron chi connectivity index (χ1n) is 5.66. The van der Waals surface area contributed by atoms with E-state index in [0.29, 0.717) is 17.9 Å². The molecule has 2 rings (SSSR count). The molecule has 0 spiro atoms. The lowest BCUT2D eigenvalue weighted by Crippen LogP contribution is -2.32. The molecular formula is C13H14BNO3. The first-order valence-corrected chi connectivity index (χ1v) is 5.66. The van der Waals surface area contributed by atoms with Crippen LogP contribution in [-0.2, 0) is 6.61 Å². The minimum absolute atomic E-state index is 0.391. The van der Waals surface area contributed by atoms with E-state index < -0.39 is 7.12 Å². The van der Waals surface area contributed by atoms with E-state index in [1.54, 1.807) is 13.0 Å². The van der Waals surface area contributed by atoms with Crippen molar-refractivity contribution in [1.29, 1.82) is 0 Å². The molecule has 0 radical (unpaired) electrons. The van der Waals surface area contributed by atoms with Gasteiger partial charge in [-0.05, 0) is 18.1 Å². The molecule has 1 aromatic carbocycles. The van der Waals surface area contributed by atoms with Gasteiger partial charge in [0.05, 0.1) is 0 Å². The second-order valence-electron chi connectivity index (χ2n) is 4.03. The summed E-state index contributed by atoms with van der Waals surface area (Å²) in [4.78, 5) is 4.03. The second-order valence-corrected chi connectivity index (χ2v) is 4.03. The molecule has 0 saturated heterocycles. The Bertz CT molecular complexity index is 517. The quantitative estimate of drug-likeness (QED) is 0.774. The maximum absolute atomic E-state index is 9.08. The van der Waals surface area contributed by atoms with Gasteiger partial charge in [0.25, 0.3) is 0 Å². The van der Waals surface area contributed by atoms with Gasteiger partial charge in [0, 0.05) is 17.7 Å². The van der Waals surface area contributed by atoms with Gasteiger partial charge < -0.3 is 14.8 Å². The molecule has 92 valence electrons. The summed E-state index contributed by atoms with van der Waals surface area (Å²) >= 11 is 0.